The van der Waals surface area contributed by atoms with E-state index >= 15 is 0 Å². The molecule has 1 spiro atoms. The predicted molar refractivity (Wildman–Crippen MR) is 105 cm³/mol. The van der Waals surface area contributed by atoms with E-state index in [1.165, 1.54) is 71.4 Å². The van der Waals surface area contributed by atoms with E-state index in [2.05, 4.69) is 42.4 Å². The lowest BCUT2D eigenvalue weighted by molar-refractivity contribution is -0.0815. The average Bonchev–Trinajstić information content (AvgIpc) is 2.79. The van der Waals surface area contributed by atoms with Gasteiger partial charge in [-0.1, -0.05) is 0 Å². The molecule has 146 valence electrons. The molecule has 3 fully saturated rings. The van der Waals surface area contributed by atoms with Crippen LogP contribution in [0.5, 0.6) is 0 Å². The molecule has 0 unspecified atom stereocenters. The van der Waals surface area contributed by atoms with Gasteiger partial charge in [-0.05, 0) is 78.8 Å². The number of piperidine rings is 2. The lowest BCUT2D eigenvalue weighted by Gasteiger charge is -2.42. The first kappa shape index (κ1) is 19.6. The van der Waals surface area contributed by atoms with Crippen LogP contribution in [0.15, 0.2) is 0 Å². The summed E-state index contributed by atoms with van der Waals surface area (Å²) in [7, 11) is 0. The van der Waals surface area contributed by atoms with Gasteiger partial charge in [-0.25, -0.2) is 0 Å². The number of likely N-dealkylation sites (tertiary alicyclic amines) is 2. The molecule has 0 aliphatic carbocycles. The summed E-state index contributed by atoms with van der Waals surface area (Å²) in [5, 5.41) is 0. The molecular weight excluding hydrogens is 310 g/mol. The minimum Gasteiger partial charge on any atom is -0.374 e. The standard InChI is InChI=1S/C21H41N3O/c1-18(2)23-10-5-20(6-11-23)17-22-12-7-21(25-16-15-22)8-13-24(14-9-21)19(3)4/h18-20H,5-17H2,1-4H3. The van der Waals surface area contributed by atoms with Gasteiger partial charge >= 0.3 is 0 Å². The maximum Gasteiger partial charge on any atom is 0.0719 e. The summed E-state index contributed by atoms with van der Waals surface area (Å²) in [5.41, 5.74) is 0.182. The van der Waals surface area contributed by atoms with Crippen LogP contribution < -0.4 is 0 Å². The van der Waals surface area contributed by atoms with Crippen molar-refractivity contribution in [3.63, 3.8) is 0 Å². The van der Waals surface area contributed by atoms with Crippen molar-refractivity contribution in [3.05, 3.63) is 0 Å². The maximum atomic E-state index is 6.45. The van der Waals surface area contributed by atoms with Crippen LogP contribution in [0.2, 0.25) is 0 Å². The van der Waals surface area contributed by atoms with E-state index in [4.69, 9.17) is 4.74 Å². The van der Waals surface area contributed by atoms with Gasteiger partial charge in [0.1, 0.15) is 0 Å². The molecule has 0 aromatic heterocycles. The molecule has 0 atom stereocenters. The summed E-state index contributed by atoms with van der Waals surface area (Å²) in [6.07, 6.45) is 6.45. The first-order chi connectivity index (χ1) is 12.0. The predicted octanol–water partition coefficient (Wildman–Crippen LogP) is 3.07. The molecule has 0 amide bonds. The van der Waals surface area contributed by atoms with Crippen LogP contribution in [-0.4, -0.2) is 84.8 Å². The summed E-state index contributed by atoms with van der Waals surface area (Å²) in [4.78, 5) is 7.96. The van der Waals surface area contributed by atoms with E-state index in [0.29, 0.717) is 12.1 Å². The molecule has 3 aliphatic rings. The Kier molecular flexibility index (Phi) is 6.81. The van der Waals surface area contributed by atoms with Crippen LogP contribution in [0.3, 0.4) is 0 Å². The molecule has 0 N–H and O–H groups in total. The SMILES string of the molecule is CC(C)N1CCC(CN2CCOC3(CC2)CCN(C(C)C)CC3)CC1. The van der Waals surface area contributed by atoms with E-state index in [-0.39, 0.29) is 5.60 Å². The molecule has 25 heavy (non-hydrogen) atoms. The minimum absolute atomic E-state index is 0.182. The van der Waals surface area contributed by atoms with Crippen LogP contribution in [-0.2, 0) is 4.74 Å². The number of rotatable bonds is 4. The quantitative estimate of drug-likeness (QED) is 0.775. The van der Waals surface area contributed by atoms with Crippen molar-refractivity contribution >= 4 is 0 Å². The number of hydrogen-bond donors (Lipinski definition) is 0. The Labute approximate surface area is 155 Å². The van der Waals surface area contributed by atoms with Gasteiger partial charge in [0.15, 0.2) is 0 Å². The van der Waals surface area contributed by atoms with Gasteiger partial charge in [-0.3, -0.25) is 0 Å². The fourth-order valence-electron chi connectivity index (χ4n) is 4.98. The van der Waals surface area contributed by atoms with Crippen LogP contribution in [0.1, 0.15) is 59.8 Å². The van der Waals surface area contributed by atoms with Gasteiger partial charge in [0.2, 0.25) is 0 Å². The molecule has 3 rings (SSSR count). The van der Waals surface area contributed by atoms with Crippen LogP contribution in [0.4, 0.5) is 0 Å². The summed E-state index contributed by atoms with van der Waals surface area (Å²) in [5.74, 6) is 0.895. The average molecular weight is 352 g/mol. The summed E-state index contributed by atoms with van der Waals surface area (Å²) in [6, 6.07) is 1.39. The highest BCUT2D eigenvalue weighted by atomic mass is 16.5. The second-order valence-corrected chi connectivity index (χ2v) is 9.28. The second kappa shape index (κ2) is 8.69. The maximum absolute atomic E-state index is 6.45. The lowest BCUT2D eigenvalue weighted by Crippen LogP contribution is -2.48. The number of hydrogen-bond acceptors (Lipinski definition) is 4. The molecule has 0 aromatic carbocycles. The summed E-state index contributed by atoms with van der Waals surface area (Å²) >= 11 is 0. The van der Waals surface area contributed by atoms with Gasteiger partial charge in [-0.2, -0.15) is 0 Å². The third kappa shape index (κ3) is 5.18. The Hall–Kier alpha value is -0.160. The van der Waals surface area contributed by atoms with Gasteiger partial charge in [0.05, 0.1) is 12.2 Å². The molecule has 4 heteroatoms. The van der Waals surface area contributed by atoms with Crippen molar-refractivity contribution in [2.45, 2.75) is 77.5 Å². The largest absolute Gasteiger partial charge is 0.374 e. The third-order valence-electron chi connectivity index (χ3n) is 7.03. The molecule has 3 aliphatic heterocycles. The van der Waals surface area contributed by atoms with Crippen LogP contribution >= 0.6 is 0 Å². The zero-order chi connectivity index (χ0) is 17.9. The zero-order valence-electron chi connectivity index (χ0n) is 17.2. The normalized spacial score (nSPS) is 28.1. The Morgan fingerprint density at radius 1 is 0.800 bits per heavy atom. The van der Waals surface area contributed by atoms with E-state index in [1.807, 2.05) is 0 Å². The zero-order valence-corrected chi connectivity index (χ0v) is 17.2. The van der Waals surface area contributed by atoms with Gasteiger partial charge in [0.25, 0.3) is 0 Å². The molecular formula is C21H41N3O. The first-order valence-electron chi connectivity index (χ1n) is 10.8. The van der Waals surface area contributed by atoms with E-state index in [0.717, 1.165) is 19.1 Å². The van der Waals surface area contributed by atoms with Crippen molar-refractivity contribution in [1.29, 1.82) is 0 Å². The minimum atomic E-state index is 0.182. The van der Waals surface area contributed by atoms with Gasteiger partial charge in [0, 0.05) is 44.8 Å². The van der Waals surface area contributed by atoms with E-state index in [1.54, 1.807) is 0 Å². The monoisotopic (exact) mass is 351 g/mol. The molecule has 4 nitrogen and oxygen atoms in total. The smallest absolute Gasteiger partial charge is 0.0719 e. The van der Waals surface area contributed by atoms with Crippen molar-refractivity contribution in [3.8, 4) is 0 Å². The second-order valence-electron chi connectivity index (χ2n) is 9.28. The number of nitrogens with zero attached hydrogens (tertiary/aromatic N) is 3. The Balaban J connectivity index is 1.43. The van der Waals surface area contributed by atoms with Crippen molar-refractivity contribution in [2.75, 3.05) is 52.4 Å². The van der Waals surface area contributed by atoms with Crippen molar-refractivity contribution < 1.29 is 4.74 Å². The fourth-order valence-corrected chi connectivity index (χ4v) is 4.98. The summed E-state index contributed by atoms with van der Waals surface area (Å²) < 4.78 is 6.45. The van der Waals surface area contributed by atoms with Crippen LogP contribution in [0, 0.1) is 5.92 Å². The topological polar surface area (TPSA) is 19.0 Å². The van der Waals surface area contributed by atoms with Crippen LogP contribution in [0.25, 0.3) is 0 Å². The highest BCUT2D eigenvalue weighted by molar-refractivity contribution is 4.91. The van der Waals surface area contributed by atoms with E-state index in [9.17, 15) is 0 Å². The Morgan fingerprint density at radius 2 is 1.36 bits per heavy atom. The van der Waals surface area contributed by atoms with Gasteiger partial charge in [-0.15, -0.1) is 0 Å². The molecule has 0 saturated carbocycles. The molecule has 0 bridgehead atoms. The molecule has 3 heterocycles. The Morgan fingerprint density at radius 3 is 1.96 bits per heavy atom. The number of ether oxygens (including phenoxy) is 1. The third-order valence-corrected chi connectivity index (χ3v) is 7.03. The lowest BCUT2D eigenvalue weighted by atomic mass is 9.87. The summed E-state index contributed by atoms with van der Waals surface area (Å²) in [6.45, 7) is 18.9. The van der Waals surface area contributed by atoms with Gasteiger partial charge < -0.3 is 19.4 Å². The molecule has 0 radical (unpaired) electrons. The fraction of sp³-hybridized carbons (Fsp3) is 1.00. The van der Waals surface area contributed by atoms with E-state index < -0.39 is 0 Å². The van der Waals surface area contributed by atoms with Crippen molar-refractivity contribution in [2.24, 2.45) is 5.92 Å². The molecule has 3 saturated heterocycles. The highest BCUT2D eigenvalue weighted by Gasteiger charge is 2.38. The van der Waals surface area contributed by atoms with Crippen molar-refractivity contribution in [1.82, 2.24) is 14.7 Å². The Bertz CT molecular complexity index is 396. The highest BCUT2D eigenvalue weighted by Crippen LogP contribution is 2.33. The molecule has 0 aromatic rings. The first-order valence-corrected chi connectivity index (χ1v) is 10.8.